The van der Waals surface area contributed by atoms with E-state index in [1.54, 1.807) is 12.1 Å². The fraction of sp³-hybridized carbons (Fsp3) is 0.350. The molecule has 1 aromatic heterocycles. The third-order valence-corrected chi connectivity index (χ3v) is 3.70. The molecule has 1 aromatic carbocycles. The molecule has 0 aliphatic carbocycles. The van der Waals surface area contributed by atoms with Gasteiger partial charge in [0.05, 0.1) is 6.54 Å². The lowest BCUT2D eigenvalue weighted by Gasteiger charge is -2.11. The Bertz CT molecular complexity index is 785. The number of aryl methyl sites for hydroxylation is 1. The van der Waals surface area contributed by atoms with E-state index in [9.17, 15) is 9.18 Å². The molecule has 3 N–H and O–H groups in total. The van der Waals surface area contributed by atoms with Crippen LogP contribution in [-0.4, -0.2) is 36.5 Å². The minimum absolute atomic E-state index is 0. The summed E-state index contributed by atoms with van der Waals surface area (Å²) in [4.78, 5) is 20.6. The number of carbonyl (C=O) groups excluding carboxylic acids is 1. The van der Waals surface area contributed by atoms with Gasteiger partial charge >= 0.3 is 0 Å². The molecule has 2 rings (SSSR count). The Kier molecular flexibility index (Phi) is 11.1. The smallest absolute Gasteiger partial charge is 0.227 e. The molecule has 0 unspecified atom stereocenters. The van der Waals surface area contributed by atoms with Crippen LogP contribution >= 0.6 is 24.0 Å². The van der Waals surface area contributed by atoms with E-state index in [-0.39, 0.29) is 42.1 Å². The lowest BCUT2D eigenvalue weighted by Crippen LogP contribution is -2.38. The average molecular weight is 499 g/mol. The zero-order chi connectivity index (χ0) is 19.5. The molecule has 0 saturated carbocycles. The number of aliphatic imine (C=N–C) groups is 1. The first-order valence-corrected chi connectivity index (χ1v) is 9.07. The number of amides is 1. The van der Waals surface area contributed by atoms with Gasteiger partial charge in [0.25, 0.3) is 0 Å². The van der Waals surface area contributed by atoms with Gasteiger partial charge in [-0.1, -0.05) is 18.2 Å². The number of nitrogens with zero attached hydrogens (tertiary/aromatic N) is 2. The van der Waals surface area contributed by atoms with E-state index in [1.807, 2.05) is 32.0 Å². The number of pyridine rings is 1. The van der Waals surface area contributed by atoms with E-state index in [1.165, 1.54) is 12.1 Å². The Morgan fingerprint density at radius 3 is 2.68 bits per heavy atom. The van der Waals surface area contributed by atoms with Crippen molar-refractivity contribution in [3.05, 3.63) is 59.5 Å². The minimum Gasteiger partial charge on any atom is -0.357 e. The number of hydrogen-bond acceptors (Lipinski definition) is 3. The Balaban J connectivity index is 0.00000392. The fourth-order valence-electron chi connectivity index (χ4n) is 2.45. The molecular weight excluding hydrogens is 472 g/mol. The Morgan fingerprint density at radius 1 is 1.18 bits per heavy atom. The first-order valence-electron chi connectivity index (χ1n) is 9.07. The first kappa shape index (κ1) is 23.8. The molecule has 1 amide bonds. The van der Waals surface area contributed by atoms with Gasteiger partial charge in [0, 0.05) is 25.2 Å². The van der Waals surface area contributed by atoms with Gasteiger partial charge in [0.15, 0.2) is 5.96 Å². The highest BCUT2D eigenvalue weighted by molar-refractivity contribution is 14.0. The highest BCUT2D eigenvalue weighted by atomic mass is 127. The molecule has 8 heteroatoms. The summed E-state index contributed by atoms with van der Waals surface area (Å²) in [5.41, 5.74) is 1.77. The number of rotatable bonds is 8. The van der Waals surface area contributed by atoms with Crippen LogP contribution in [0.4, 0.5) is 10.2 Å². The number of halogens is 2. The zero-order valence-electron chi connectivity index (χ0n) is 16.2. The van der Waals surface area contributed by atoms with E-state index in [2.05, 4.69) is 25.9 Å². The number of benzene rings is 1. The Labute approximate surface area is 182 Å². The molecule has 0 spiro atoms. The molecule has 28 heavy (non-hydrogen) atoms. The second-order valence-electron chi connectivity index (χ2n) is 6.03. The van der Waals surface area contributed by atoms with Crippen molar-refractivity contribution in [1.29, 1.82) is 0 Å². The molecule has 0 fully saturated rings. The van der Waals surface area contributed by atoms with Crippen molar-refractivity contribution in [3.8, 4) is 0 Å². The topological polar surface area (TPSA) is 78.4 Å². The maximum absolute atomic E-state index is 13.2. The first-order chi connectivity index (χ1) is 13.1. The molecule has 0 saturated heterocycles. The molecule has 0 bridgehead atoms. The van der Waals surface area contributed by atoms with Gasteiger partial charge in [-0.3, -0.25) is 9.79 Å². The van der Waals surface area contributed by atoms with Crippen molar-refractivity contribution in [1.82, 2.24) is 15.6 Å². The molecule has 152 valence electrons. The van der Waals surface area contributed by atoms with Crippen LogP contribution in [0.2, 0.25) is 0 Å². The van der Waals surface area contributed by atoms with Gasteiger partial charge in [0.2, 0.25) is 5.91 Å². The van der Waals surface area contributed by atoms with Crippen molar-refractivity contribution in [2.24, 2.45) is 4.99 Å². The number of anilines is 1. The van der Waals surface area contributed by atoms with Crippen LogP contribution in [0.5, 0.6) is 0 Å². The summed E-state index contributed by atoms with van der Waals surface area (Å²) in [5.74, 6) is 0.814. The number of aromatic nitrogens is 1. The van der Waals surface area contributed by atoms with Crippen LogP contribution in [0.3, 0.4) is 0 Å². The van der Waals surface area contributed by atoms with E-state index >= 15 is 0 Å². The van der Waals surface area contributed by atoms with Crippen molar-refractivity contribution in [2.45, 2.75) is 26.7 Å². The van der Waals surface area contributed by atoms with E-state index in [0.717, 1.165) is 11.3 Å². The average Bonchev–Trinajstić information content (AvgIpc) is 2.62. The van der Waals surface area contributed by atoms with Crippen LogP contribution in [0.25, 0.3) is 0 Å². The van der Waals surface area contributed by atoms with Crippen LogP contribution < -0.4 is 16.0 Å². The van der Waals surface area contributed by atoms with Crippen molar-refractivity contribution >= 4 is 41.7 Å². The number of hydrogen-bond donors (Lipinski definition) is 3. The lowest BCUT2D eigenvalue weighted by molar-refractivity contribution is -0.116. The number of guanidine groups is 1. The molecule has 1 heterocycles. The maximum Gasteiger partial charge on any atom is 0.227 e. The maximum atomic E-state index is 13.2. The third-order valence-electron chi connectivity index (χ3n) is 3.70. The van der Waals surface area contributed by atoms with Crippen LogP contribution in [0.1, 0.15) is 24.6 Å². The summed E-state index contributed by atoms with van der Waals surface area (Å²) in [6.45, 7) is 5.53. The van der Waals surface area contributed by atoms with Gasteiger partial charge in [0.1, 0.15) is 11.6 Å². The lowest BCUT2D eigenvalue weighted by atomic mass is 10.1. The van der Waals surface area contributed by atoms with Gasteiger partial charge in [-0.05, 0) is 50.1 Å². The zero-order valence-corrected chi connectivity index (χ0v) is 18.5. The summed E-state index contributed by atoms with van der Waals surface area (Å²) in [6, 6.07) is 12.0. The fourth-order valence-corrected chi connectivity index (χ4v) is 2.45. The minimum atomic E-state index is -0.234. The highest BCUT2D eigenvalue weighted by Gasteiger charge is 2.04. The SMILES string of the molecule is CCNC(=NCCC(=O)Nc1cccc(C)n1)NCCc1cccc(F)c1.I. The second kappa shape index (κ2) is 13.0. The van der Waals surface area contributed by atoms with Crippen LogP contribution in [0.15, 0.2) is 47.5 Å². The molecular formula is C20H27FIN5O. The highest BCUT2D eigenvalue weighted by Crippen LogP contribution is 2.05. The molecule has 0 aliphatic heterocycles. The molecule has 2 aromatic rings. The number of nitrogens with one attached hydrogen (secondary N) is 3. The van der Waals surface area contributed by atoms with E-state index in [4.69, 9.17) is 0 Å². The second-order valence-corrected chi connectivity index (χ2v) is 6.03. The monoisotopic (exact) mass is 499 g/mol. The third kappa shape index (κ3) is 9.12. The predicted molar refractivity (Wildman–Crippen MR) is 122 cm³/mol. The summed E-state index contributed by atoms with van der Waals surface area (Å²) >= 11 is 0. The molecule has 0 atom stereocenters. The summed E-state index contributed by atoms with van der Waals surface area (Å²) in [6.07, 6.45) is 0.942. The molecule has 0 aliphatic rings. The molecule has 6 nitrogen and oxygen atoms in total. The summed E-state index contributed by atoms with van der Waals surface area (Å²) < 4.78 is 13.2. The normalized spacial score (nSPS) is 10.8. The van der Waals surface area contributed by atoms with Gasteiger partial charge in [-0.2, -0.15) is 0 Å². The van der Waals surface area contributed by atoms with Gasteiger partial charge < -0.3 is 16.0 Å². The Hall–Kier alpha value is -2.23. The van der Waals surface area contributed by atoms with Crippen LogP contribution in [0, 0.1) is 12.7 Å². The summed E-state index contributed by atoms with van der Waals surface area (Å²) in [7, 11) is 0. The van der Waals surface area contributed by atoms with E-state index < -0.39 is 0 Å². The Morgan fingerprint density at radius 2 is 1.96 bits per heavy atom. The number of carbonyl (C=O) groups is 1. The van der Waals surface area contributed by atoms with Crippen molar-refractivity contribution < 1.29 is 9.18 Å². The largest absolute Gasteiger partial charge is 0.357 e. The summed E-state index contributed by atoms with van der Waals surface area (Å²) in [5, 5.41) is 9.09. The standard InChI is InChI=1S/C20H26FN5O.HI/c1-3-22-20(23-12-10-16-7-5-8-17(21)14-16)24-13-11-19(27)26-18-9-4-6-15(2)25-18;/h4-9,14H,3,10-13H2,1-2H3,(H2,22,23,24)(H,25,26,27);1H. The van der Waals surface area contributed by atoms with E-state index in [0.29, 0.717) is 37.8 Å². The quantitative estimate of drug-likeness (QED) is 0.296. The van der Waals surface area contributed by atoms with Gasteiger partial charge in [-0.25, -0.2) is 9.37 Å². The van der Waals surface area contributed by atoms with Gasteiger partial charge in [-0.15, -0.1) is 24.0 Å². The molecule has 0 radical (unpaired) electrons. The van der Waals surface area contributed by atoms with Crippen LogP contribution in [-0.2, 0) is 11.2 Å². The van der Waals surface area contributed by atoms with Crippen molar-refractivity contribution in [2.75, 3.05) is 25.0 Å². The predicted octanol–water partition coefficient (Wildman–Crippen LogP) is 3.27. The van der Waals surface area contributed by atoms with Crippen molar-refractivity contribution in [3.63, 3.8) is 0 Å².